The minimum Gasteiger partial charge on any atom is -0.479 e. The molecule has 1 aliphatic heterocycles. The van der Waals surface area contributed by atoms with Crippen molar-refractivity contribution >= 4 is 17.7 Å². The monoisotopic (exact) mass is 229 g/mol. The molecule has 2 atom stereocenters. The van der Waals surface area contributed by atoms with Gasteiger partial charge in [0.1, 0.15) is 0 Å². The maximum absolute atomic E-state index is 11.6. The number of carboxylic acid groups (broad SMARTS) is 1. The van der Waals surface area contributed by atoms with Crippen molar-refractivity contribution in [3.8, 4) is 0 Å². The van der Waals surface area contributed by atoms with Crippen LogP contribution in [-0.2, 0) is 14.4 Å². The first-order valence-electron chi connectivity index (χ1n) is 5.14. The van der Waals surface area contributed by atoms with E-state index in [1.165, 1.54) is 11.8 Å². The Balaban J connectivity index is 2.60. The predicted octanol–water partition coefficient (Wildman–Crippen LogP) is -0.598. The minimum absolute atomic E-state index is 0.101. The van der Waals surface area contributed by atoms with Gasteiger partial charge in [-0.05, 0) is 19.8 Å². The number of Topliss-reactive ketones (excluding diaryl/α,β-unsaturated/α-hetero) is 1. The number of aliphatic carboxylic acids is 1. The van der Waals surface area contributed by atoms with E-state index in [1.807, 2.05) is 0 Å². The van der Waals surface area contributed by atoms with E-state index in [4.69, 9.17) is 10.2 Å². The SMILES string of the molecule is CC(=O)[C@@H]1CCCN1C(=O)C[C@H](O)C(=O)O. The van der Waals surface area contributed by atoms with Crippen molar-refractivity contribution in [2.45, 2.75) is 38.3 Å². The van der Waals surface area contributed by atoms with Crippen molar-refractivity contribution in [3.05, 3.63) is 0 Å². The Morgan fingerprint density at radius 2 is 2.06 bits per heavy atom. The van der Waals surface area contributed by atoms with Gasteiger partial charge in [-0.2, -0.15) is 0 Å². The molecule has 0 bridgehead atoms. The summed E-state index contributed by atoms with van der Waals surface area (Å²) >= 11 is 0. The summed E-state index contributed by atoms with van der Waals surface area (Å²) in [5.41, 5.74) is 0. The average molecular weight is 229 g/mol. The van der Waals surface area contributed by atoms with E-state index in [-0.39, 0.29) is 5.78 Å². The molecule has 6 nitrogen and oxygen atoms in total. The average Bonchev–Trinajstić information content (AvgIpc) is 2.65. The van der Waals surface area contributed by atoms with Crippen LogP contribution >= 0.6 is 0 Å². The molecular formula is C10H15NO5. The lowest BCUT2D eigenvalue weighted by molar-refractivity contribution is -0.151. The van der Waals surface area contributed by atoms with Gasteiger partial charge in [0, 0.05) is 6.54 Å². The highest BCUT2D eigenvalue weighted by Gasteiger charge is 2.33. The first kappa shape index (κ1) is 12.6. The van der Waals surface area contributed by atoms with Gasteiger partial charge in [-0.3, -0.25) is 9.59 Å². The van der Waals surface area contributed by atoms with Gasteiger partial charge >= 0.3 is 5.97 Å². The number of aliphatic hydroxyl groups excluding tert-OH is 1. The maximum Gasteiger partial charge on any atom is 0.333 e. The molecule has 0 radical (unpaired) electrons. The molecule has 0 aromatic carbocycles. The number of carboxylic acids is 1. The highest BCUT2D eigenvalue weighted by molar-refractivity contribution is 5.90. The summed E-state index contributed by atoms with van der Waals surface area (Å²) in [6, 6.07) is -0.450. The molecule has 0 aromatic rings. The van der Waals surface area contributed by atoms with Gasteiger partial charge in [-0.1, -0.05) is 0 Å². The van der Waals surface area contributed by atoms with Gasteiger partial charge in [0.05, 0.1) is 12.5 Å². The lowest BCUT2D eigenvalue weighted by Crippen LogP contribution is -2.41. The number of ketones is 1. The van der Waals surface area contributed by atoms with E-state index in [1.54, 1.807) is 0 Å². The number of carbonyl (C=O) groups excluding carboxylic acids is 2. The third-order valence-corrected chi connectivity index (χ3v) is 2.70. The largest absolute Gasteiger partial charge is 0.479 e. The molecule has 2 N–H and O–H groups in total. The highest BCUT2D eigenvalue weighted by atomic mass is 16.4. The van der Waals surface area contributed by atoms with Crippen molar-refractivity contribution in [1.29, 1.82) is 0 Å². The Labute approximate surface area is 92.9 Å². The van der Waals surface area contributed by atoms with Crippen LogP contribution in [0.25, 0.3) is 0 Å². The summed E-state index contributed by atoms with van der Waals surface area (Å²) < 4.78 is 0. The van der Waals surface area contributed by atoms with E-state index in [9.17, 15) is 14.4 Å². The molecule has 0 aliphatic carbocycles. The van der Waals surface area contributed by atoms with Gasteiger partial charge in [-0.15, -0.1) is 0 Å². The molecule has 0 saturated carbocycles. The molecule has 6 heteroatoms. The quantitative estimate of drug-likeness (QED) is 0.671. The van der Waals surface area contributed by atoms with Crippen molar-refractivity contribution in [3.63, 3.8) is 0 Å². The number of rotatable bonds is 4. The van der Waals surface area contributed by atoms with Crippen molar-refractivity contribution in [2.75, 3.05) is 6.54 Å². The predicted molar refractivity (Wildman–Crippen MR) is 53.7 cm³/mol. The molecule has 1 amide bonds. The second-order valence-corrected chi connectivity index (χ2v) is 3.91. The Morgan fingerprint density at radius 1 is 1.44 bits per heavy atom. The van der Waals surface area contributed by atoms with Crippen LogP contribution in [0.4, 0.5) is 0 Å². The Morgan fingerprint density at radius 3 is 2.56 bits per heavy atom. The summed E-state index contributed by atoms with van der Waals surface area (Å²) in [5.74, 6) is -2.00. The van der Waals surface area contributed by atoms with E-state index < -0.39 is 30.4 Å². The molecule has 0 spiro atoms. The Kier molecular flexibility index (Phi) is 4.00. The van der Waals surface area contributed by atoms with Gasteiger partial charge in [0.2, 0.25) is 5.91 Å². The zero-order valence-electron chi connectivity index (χ0n) is 9.05. The molecule has 1 fully saturated rings. The molecule has 16 heavy (non-hydrogen) atoms. The van der Waals surface area contributed by atoms with Crippen LogP contribution < -0.4 is 0 Å². The zero-order valence-corrected chi connectivity index (χ0v) is 9.05. The number of nitrogens with zero attached hydrogens (tertiary/aromatic N) is 1. The van der Waals surface area contributed by atoms with Crippen molar-refractivity contribution in [2.24, 2.45) is 0 Å². The van der Waals surface area contributed by atoms with E-state index >= 15 is 0 Å². The summed E-state index contributed by atoms with van der Waals surface area (Å²) in [7, 11) is 0. The summed E-state index contributed by atoms with van der Waals surface area (Å²) in [4.78, 5) is 34.6. The van der Waals surface area contributed by atoms with Gasteiger partial charge in [-0.25, -0.2) is 4.79 Å². The standard InChI is InChI=1S/C10H15NO5/c1-6(12)7-3-2-4-11(7)9(14)5-8(13)10(15)16/h7-8,13H,2-5H2,1H3,(H,15,16)/t7-,8-/m0/s1. The van der Waals surface area contributed by atoms with Crippen LogP contribution in [0.2, 0.25) is 0 Å². The van der Waals surface area contributed by atoms with E-state index in [0.29, 0.717) is 13.0 Å². The Hall–Kier alpha value is -1.43. The number of carbonyl (C=O) groups is 3. The van der Waals surface area contributed by atoms with E-state index in [0.717, 1.165) is 6.42 Å². The van der Waals surface area contributed by atoms with Crippen LogP contribution in [-0.4, -0.2) is 51.5 Å². The van der Waals surface area contributed by atoms with Crippen LogP contribution in [0.3, 0.4) is 0 Å². The van der Waals surface area contributed by atoms with Crippen LogP contribution in [0.5, 0.6) is 0 Å². The molecular weight excluding hydrogens is 214 g/mol. The molecule has 0 aromatic heterocycles. The number of hydrogen-bond acceptors (Lipinski definition) is 4. The summed E-state index contributed by atoms with van der Waals surface area (Å²) in [5, 5.41) is 17.5. The number of hydrogen-bond donors (Lipinski definition) is 2. The smallest absolute Gasteiger partial charge is 0.333 e. The lowest BCUT2D eigenvalue weighted by atomic mass is 10.1. The van der Waals surface area contributed by atoms with Gasteiger partial charge in [0.15, 0.2) is 11.9 Å². The molecule has 0 unspecified atom stereocenters. The summed E-state index contributed by atoms with van der Waals surface area (Å²) in [6.45, 7) is 1.86. The summed E-state index contributed by atoms with van der Waals surface area (Å²) in [6.07, 6.45) is -0.816. The normalized spacial score (nSPS) is 21.9. The third-order valence-electron chi connectivity index (χ3n) is 2.70. The lowest BCUT2D eigenvalue weighted by Gasteiger charge is -2.23. The van der Waals surface area contributed by atoms with Crippen molar-refractivity contribution < 1.29 is 24.6 Å². The van der Waals surface area contributed by atoms with Crippen molar-refractivity contribution in [1.82, 2.24) is 4.90 Å². The zero-order chi connectivity index (χ0) is 12.3. The van der Waals surface area contributed by atoms with Crippen LogP contribution in [0.1, 0.15) is 26.2 Å². The minimum atomic E-state index is -1.69. The van der Waals surface area contributed by atoms with Gasteiger partial charge in [0.25, 0.3) is 0 Å². The third kappa shape index (κ3) is 2.79. The molecule has 1 saturated heterocycles. The fourth-order valence-corrected chi connectivity index (χ4v) is 1.86. The second kappa shape index (κ2) is 5.07. The fourth-order valence-electron chi connectivity index (χ4n) is 1.86. The first-order valence-corrected chi connectivity index (χ1v) is 5.14. The van der Waals surface area contributed by atoms with Crippen LogP contribution in [0, 0.1) is 0 Å². The first-order chi connectivity index (χ1) is 7.43. The molecule has 1 heterocycles. The topological polar surface area (TPSA) is 94.9 Å². The molecule has 90 valence electrons. The van der Waals surface area contributed by atoms with Crippen LogP contribution in [0.15, 0.2) is 0 Å². The number of likely N-dealkylation sites (tertiary alicyclic amines) is 1. The van der Waals surface area contributed by atoms with Gasteiger partial charge < -0.3 is 15.1 Å². The fraction of sp³-hybridized carbons (Fsp3) is 0.700. The maximum atomic E-state index is 11.6. The molecule has 1 rings (SSSR count). The number of amides is 1. The second-order valence-electron chi connectivity index (χ2n) is 3.91. The number of aliphatic hydroxyl groups is 1. The van der Waals surface area contributed by atoms with E-state index in [2.05, 4.69) is 0 Å². The highest BCUT2D eigenvalue weighted by Crippen LogP contribution is 2.19. The Bertz CT molecular complexity index is 314. The molecule has 1 aliphatic rings.